The van der Waals surface area contributed by atoms with Gasteiger partial charge in [-0.3, -0.25) is 0 Å². The van der Waals surface area contributed by atoms with Crippen LogP contribution in [0.4, 0.5) is 0 Å². The van der Waals surface area contributed by atoms with Crippen LogP contribution in [-0.2, 0) is 11.3 Å². The zero-order valence-electron chi connectivity index (χ0n) is 11.7. The van der Waals surface area contributed by atoms with E-state index in [1.165, 1.54) is 0 Å². The van der Waals surface area contributed by atoms with Crippen molar-refractivity contribution < 1.29 is 19.1 Å². The van der Waals surface area contributed by atoms with E-state index in [-0.39, 0.29) is 11.7 Å². The molecule has 1 aromatic carbocycles. The Labute approximate surface area is 117 Å². The molecular weight excluding hydrogens is 258 g/mol. The highest BCUT2D eigenvalue weighted by Crippen LogP contribution is 2.25. The molecule has 0 saturated carbocycles. The van der Waals surface area contributed by atoms with Gasteiger partial charge in [-0.1, -0.05) is 18.2 Å². The van der Waals surface area contributed by atoms with E-state index in [0.717, 1.165) is 0 Å². The van der Waals surface area contributed by atoms with E-state index in [9.17, 15) is 9.90 Å². The monoisotopic (exact) mass is 277 g/mol. The Morgan fingerprint density at radius 1 is 1.45 bits per heavy atom. The Morgan fingerprint density at radius 3 is 2.90 bits per heavy atom. The zero-order valence-corrected chi connectivity index (χ0v) is 11.7. The Hall–Kier alpha value is -1.85. The Balaban J connectivity index is 2.13. The number of nitrogens with one attached hydrogen (secondary N) is 1. The van der Waals surface area contributed by atoms with Gasteiger partial charge in [-0.25, -0.2) is 4.79 Å². The van der Waals surface area contributed by atoms with Crippen LogP contribution in [0.2, 0.25) is 0 Å². The fraction of sp³-hybridized carbons (Fsp3) is 0.400. The number of carboxylic acids is 1. The van der Waals surface area contributed by atoms with E-state index in [0.29, 0.717) is 36.4 Å². The number of rotatable bonds is 7. The van der Waals surface area contributed by atoms with Gasteiger partial charge in [0.1, 0.15) is 16.9 Å². The fourth-order valence-electron chi connectivity index (χ4n) is 2.19. The van der Waals surface area contributed by atoms with Crippen molar-refractivity contribution in [1.82, 2.24) is 5.32 Å². The third-order valence-corrected chi connectivity index (χ3v) is 3.05. The quantitative estimate of drug-likeness (QED) is 0.814. The molecule has 2 N–H and O–H groups in total. The fourth-order valence-corrected chi connectivity index (χ4v) is 2.19. The first-order valence-electron chi connectivity index (χ1n) is 6.69. The molecule has 5 nitrogen and oxygen atoms in total. The van der Waals surface area contributed by atoms with Gasteiger partial charge in [-0.05, 0) is 19.9 Å². The molecule has 0 saturated heterocycles. The topological polar surface area (TPSA) is 71.7 Å². The Bertz CT molecular complexity index is 591. The van der Waals surface area contributed by atoms with Gasteiger partial charge in [0.25, 0.3) is 0 Å². The van der Waals surface area contributed by atoms with Gasteiger partial charge in [0.05, 0.1) is 12.6 Å². The number of hydrogen-bond donors (Lipinski definition) is 2. The van der Waals surface area contributed by atoms with E-state index in [2.05, 4.69) is 5.32 Å². The van der Waals surface area contributed by atoms with Gasteiger partial charge in [-0.2, -0.15) is 0 Å². The molecule has 2 aromatic rings. The number of aromatic carboxylic acids is 1. The van der Waals surface area contributed by atoms with E-state index in [1.54, 1.807) is 18.2 Å². The van der Waals surface area contributed by atoms with E-state index in [1.807, 2.05) is 19.9 Å². The maximum Gasteiger partial charge on any atom is 0.339 e. The second kappa shape index (κ2) is 6.54. The lowest BCUT2D eigenvalue weighted by atomic mass is 10.1. The number of para-hydroxylation sites is 1. The number of hydrogen-bond acceptors (Lipinski definition) is 4. The van der Waals surface area contributed by atoms with Gasteiger partial charge in [0.15, 0.2) is 0 Å². The lowest BCUT2D eigenvalue weighted by molar-refractivity contribution is 0.0695. The van der Waals surface area contributed by atoms with Gasteiger partial charge in [0.2, 0.25) is 0 Å². The molecule has 0 aliphatic rings. The number of ether oxygens (including phenoxy) is 1. The maximum absolute atomic E-state index is 11.4. The number of fused-ring (bicyclic) bond motifs is 1. The third kappa shape index (κ3) is 3.18. The van der Waals surface area contributed by atoms with Crippen molar-refractivity contribution in [2.75, 3.05) is 13.2 Å². The number of benzene rings is 1. The standard InChI is InChI=1S/C15H19NO4/c1-3-19-10(2)8-16-9-13-14(15(17)18)11-6-4-5-7-12(11)20-13/h4-7,10,16H,3,8-9H2,1-2H3,(H,17,18). The summed E-state index contributed by atoms with van der Waals surface area (Å²) in [5, 5.41) is 13.1. The van der Waals surface area contributed by atoms with Crippen molar-refractivity contribution in [2.45, 2.75) is 26.5 Å². The summed E-state index contributed by atoms with van der Waals surface area (Å²) < 4.78 is 11.0. The van der Waals surface area contributed by atoms with Crippen LogP contribution in [-0.4, -0.2) is 30.3 Å². The van der Waals surface area contributed by atoms with Gasteiger partial charge in [-0.15, -0.1) is 0 Å². The summed E-state index contributed by atoms with van der Waals surface area (Å²) in [5.41, 5.74) is 0.830. The van der Waals surface area contributed by atoms with Crippen molar-refractivity contribution in [3.8, 4) is 0 Å². The van der Waals surface area contributed by atoms with Crippen molar-refractivity contribution in [1.29, 1.82) is 0 Å². The number of furan rings is 1. The second-order valence-corrected chi connectivity index (χ2v) is 4.60. The molecule has 0 spiro atoms. The molecule has 0 fully saturated rings. The largest absolute Gasteiger partial charge is 0.478 e. The molecule has 5 heteroatoms. The van der Waals surface area contributed by atoms with Crippen LogP contribution in [0.15, 0.2) is 28.7 Å². The minimum absolute atomic E-state index is 0.0812. The highest BCUT2D eigenvalue weighted by molar-refractivity contribution is 6.03. The first kappa shape index (κ1) is 14.6. The van der Waals surface area contributed by atoms with Crippen molar-refractivity contribution >= 4 is 16.9 Å². The van der Waals surface area contributed by atoms with Crippen LogP contribution >= 0.6 is 0 Å². The minimum Gasteiger partial charge on any atom is -0.478 e. The SMILES string of the molecule is CCOC(C)CNCc1oc2ccccc2c1C(=O)O. The number of carboxylic acid groups (broad SMARTS) is 1. The average molecular weight is 277 g/mol. The van der Waals surface area contributed by atoms with Gasteiger partial charge >= 0.3 is 5.97 Å². The molecule has 20 heavy (non-hydrogen) atoms. The Morgan fingerprint density at radius 2 is 2.20 bits per heavy atom. The maximum atomic E-state index is 11.4. The van der Waals surface area contributed by atoms with Crippen molar-refractivity contribution in [3.63, 3.8) is 0 Å². The van der Waals surface area contributed by atoms with E-state index in [4.69, 9.17) is 9.15 Å². The molecule has 0 bridgehead atoms. The van der Waals surface area contributed by atoms with Gasteiger partial charge < -0.3 is 19.6 Å². The number of carbonyl (C=O) groups is 1. The first-order valence-corrected chi connectivity index (χ1v) is 6.69. The normalized spacial score (nSPS) is 12.7. The van der Waals surface area contributed by atoms with Crippen LogP contribution in [0.1, 0.15) is 30.0 Å². The summed E-state index contributed by atoms with van der Waals surface area (Å²) in [4.78, 5) is 11.4. The molecular formula is C15H19NO4. The van der Waals surface area contributed by atoms with Gasteiger partial charge in [0, 0.05) is 18.5 Å². The van der Waals surface area contributed by atoms with Crippen LogP contribution in [0.3, 0.4) is 0 Å². The summed E-state index contributed by atoms with van der Waals surface area (Å²) in [6.07, 6.45) is 0.0812. The van der Waals surface area contributed by atoms with Crippen LogP contribution in [0.25, 0.3) is 11.0 Å². The van der Waals surface area contributed by atoms with Crippen LogP contribution in [0.5, 0.6) is 0 Å². The molecule has 0 aliphatic carbocycles. The van der Waals surface area contributed by atoms with Crippen LogP contribution < -0.4 is 5.32 Å². The van der Waals surface area contributed by atoms with Crippen molar-refractivity contribution in [2.24, 2.45) is 0 Å². The zero-order chi connectivity index (χ0) is 14.5. The van der Waals surface area contributed by atoms with E-state index < -0.39 is 5.97 Å². The summed E-state index contributed by atoms with van der Waals surface area (Å²) in [6, 6.07) is 7.16. The summed E-state index contributed by atoms with van der Waals surface area (Å²) in [5.74, 6) is -0.521. The summed E-state index contributed by atoms with van der Waals surface area (Å²) >= 11 is 0. The summed E-state index contributed by atoms with van der Waals surface area (Å²) in [6.45, 7) is 5.58. The molecule has 0 radical (unpaired) electrons. The molecule has 1 heterocycles. The smallest absolute Gasteiger partial charge is 0.339 e. The molecule has 1 unspecified atom stereocenters. The summed E-state index contributed by atoms with van der Waals surface area (Å²) in [7, 11) is 0. The molecule has 1 aromatic heterocycles. The molecule has 0 aliphatic heterocycles. The second-order valence-electron chi connectivity index (χ2n) is 4.60. The van der Waals surface area contributed by atoms with Crippen molar-refractivity contribution in [3.05, 3.63) is 35.6 Å². The first-order chi connectivity index (χ1) is 9.63. The highest BCUT2D eigenvalue weighted by Gasteiger charge is 2.19. The predicted molar refractivity (Wildman–Crippen MR) is 76.0 cm³/mol. The minimum atomic E-state index is -0.968. The third-order valence-electron chi connectivity index (χ3n) is 3.05. The van der Waals surface area contributed by atoms with E-state index >= 15 is 0 Å². The highest BCUT2D eigenvalue weighted by atomic mass is 16.5. The average Bonchev–Trinajstić information content (AvgIpc) is 2.77. The lowest BCUT2D eigenvalue weighted by Crippen LogP contribution is -2.26. The predicted octanol–water partition coefficient (Wildman–Crippen LogP) is 2.65. The molecule has 108 valence electrons. The van der Waals surface area contributed by atoms with Crippen LogP contribution in [0, 0.1) is 0 Å². The molecule has 0 amide bonds. The molecule has 1 atom stereocenters. The Kier molecular flexibility index (Phi) is 4.76. The lowest BCUT2D eigenvalue weighted by Gasteiger charge is -2.11. The molecule has 2 rings (SSSR count).